The molecule has 0 aromatic heterocycles. The maximum atomic E-state index is 11.4. The van der Waals surface area contributed by atoms with Gasteiger partial charge in [0.2, 0.25) is 0 Å². The number of carbonyl (C=O) groups is 1. The SMILES string of the molecule is COc1c(Cl)cc(Cl)cc1C(=O)CCl. The molecule has 0 aliphatic rings. The lowest BCUT2D eigenvalue weighted by atomic mass is 10.1. The van der Waals surface area contributed by atoms with E-state index in [1.807, 2.05) is 0 Å². The number of hydrogen-bond acceptors (Lipinski definition) is 2. The van der Waals surface area contributed by atoms with Gasteiger partial charge in [0.1, 0.15) is 5.75 Å². The predicted octanol–water partition coefficient (Wildman–Crippen LogP) is 3.42. The summed E-state index contributed by atoms with van der Waals surface area (Å²) in [6, 6.07) is 2.99. The standard InChI is InChI=1S/C9H7Cl3O2/c1-14-9-6(8(13)4-10)2-5(11)3-7(9)12/h2-3H,4H2,1H3. The number of ether oxygens (including phenoxy) is 1. The lowest BCUT2D eigenvalue weighted by Crippen LogP contribution is -2.03. The Morgan fingerprint density at radius 1 is 1.43 bits per heavy atom. The molecule has 0 saturated heterocycles. The molecule has 2 nitrogen and oxygen atoms in total. The number of halogens is 3. The molecule has 0 unspecified atom stereocenters. The van der Waals surface area contributed by atoms with Crippen molar-refractivity contribution in [2.75, 3.05) is 13.0 Å². The van der Waals surface area contributed by atoms with Gasteiger partial charge < -0.3 is 4.74 Å². The molecule has 0 radical (unpaired) electrons. The van der Waals surface area contributed by atoms with Crippen LogP contribution in [-0.4, -0.2) is 18.8 Å². The second kappa shape index (κ2) is 4.87. The first-order valence-corrected chi connectivity index (χ1v) is 5.01. The van der Waals surface area contributed by atoms with E-state index in [9.17, 15) is 4.79 Å². The van der Waals surface area contributed by atoms with Crippen LogP contribution in [0.25, 0.3) is 0 Å². The minimum absolute atomic E-state index is 0.132. The van der Waals surface area contributed by atoms with E-state index in [4.69, 9.17) is 39.5 Å². The van der Waals surface area contributed by atoms with Gasteiger partial charge in [-0.05, 0) is 12.1 Å². The number of hydrogen-bond donors (Lipinski definition) is 0. The Labute approximate surface area is 96.7 Å². The zero-order valence-electron chi connectivity index (χ0n) is 7.31. The van der Waals surface area contributed by atoms with Gasteiger partial charge in [-0.25, -0.2) is 0 Å². The summed E-state index contributed by atoms with van der Waals surface area (Å²) in [4.78, 5) is 11.4. The molecule has 1 rings (SSSR count). The van der Waals surface area contributed by atoms with Gasteiger partial charge in [0.05, 0.1) is 23.6 Å². The molecular weight excluding hydrogens is 246 g/mol. The van der Waals surface area contributed by atoms with Gasteiger partial charge in [-0.15, -0.1) is 11.6 Å². The molecule has 5 heteroatoms. The summed E-state index contributed by atoms with van der Waals surface area (Å²) in [5.41, 5.74) is 0.306. The number of alkyl halides is 1. The molecule has 0 amide bonds. The third-order valence-corrected chi connectivity index (χ3v) is 2.38. The van der Waals surface area contributed by atoms with Crippen LogP contribution in [0.5, 0.6) is 5.75 Å². The second-order valence-electron chi connectivity index (χ2n) is 2.53. The second-order valence-corrected chi connectivity index (χ2v) is 3.64. The maximum absolute atomic E-state index is 11.4. The average Bonchev–Trinajstić information content (AvgIpc) is 2.15. The van der Waals surface area contributed by atoms with E-state index in [-0.39, 0.29) is 11.7 Å². The van der Waals surface area contributed by atoms with Gasteiger partial charge in [-0.3, -0.25) is 4.79 Å². The van der Waals surface area contributed by atoms with E-state index in [0.717, 1.165) is 0 Å². The molecule has 0 bridgehead atoms. The van der Waals surface area contributed by atoms with Gasteiger partial charge >= 0.3 is 0 Å². The molecule has 76 valence electrons. The van der Waals surface area contributed by atoms with Crippen LogP contribution < -0.4 is 4.74 Å². The van der Waals surface area contributed by atoms with Crippen molar-refractivity contribution in [2.45, 2.75) is 0 Å². The third kappa shape index (κ3) is 2.32. The van der Waals surface area contributed by atoms with Crippen molar-refractivity contribution in [1.82, 2.24) is 0 Å². The van der Waals surface area contributed by atoms with Gasteiger partial charge in [0, 0.05) is 5.02 Å². The van der Waals surface area contributed by atoms with Crippen molar-refractivity contribution in [1.29, 1.82) is 0 Å². The molecule has 0 aliphatic heterocycles. The summed E-state index contributed by atoms with van der Waals surface area (Å²) in [5.74, 6) is -0.0952. The molecule has 0 aliphatic carbocycles. The van der Waals surface area contributed by atoms with Crippen LogP contribution in [0.2, 0.25) is 10.0 Å². The number of ketones is 1. The first-order valence-electron chi connectivity index (χ1n) is 3.72. The van der Waals surface area contributed by atoms with E-state index in [1.54, 1.807) is 0 Å². The van der Waals surface area contributed by atoms with Crippen molar-refractivity contribution >= 4 is 40.6 Å². The van der Waals surface area contributed by atoms with Crippen molar-refractivity contribution in [2.24, 2.45) is 0 Å². The highest BCUT2D eigenvalue weighted by atomic mass is 35.5. The van der Waals surface area contributed by atoms with Crippen LogP contribution in [0.3, 0.4) is 0 Å². The maximum Gasteiger partial charge on any atom is 0.181 e. The molecule has 0 N–H and O–H groups in total. The minimum Gasteiger partial charge on any atom is -0.494 e. The first kappa shape index (κ1) is 11.6. The topological polar surface area (TPSA) is 26.3 Å². The molecule has 0 saturated carbocycles. The quantitative estimate of drug-likeness (QED) is 0.609. The van der Waals surface area contributed by atoms with Crippen LogP contribution in [0.4, 0.5) is 0 Å². The summed E-state index contributed by atoms with van der Waals surface area (Å²) in [5, 5.41) is 0.678. The van der Waals surface area contributed by atoms with Crippen LogP contribution in [-0.2, 0) is 0 Å². The fourth-order valence-corrected chi connectivity index (χ4v) is 1.76. The van der Waals surface area contributed by atoms with Gasteiger partial charge in [0.25, 0.3) is 0 Å². The molecule has 0 heterocycles. The summed E-state index contributed by atoms with van der Waals surface area (Å²) in [6.07, 6.45) is 0. The fourth-order valence-electron chi connectivity index (χ4n) is 1.05. The molecule has 1 aromatic carbocycles. The molecule has 14 heavy (non-hydrogen) atoms. The van der Waals surface area contributed by atoms with Crippen molar-refractivity contribution in [3.05, 3.63) is 27.7 Å². The number of methoxy groups -OCH3 is 1. The molecule has 1 aromatic rings. The molecule has 0 atom stereocenters. The lowest BCUT2D eigenvalue weighted by molar-refractivity contribution is 0.101. The Morgan fingerprint density at radius 3 is 2.57 bits per heavy atom. The zero-order valence-corrected chi connectivity index (χ0v) is 9.58. The van der Waals surface area contributed by atoms with E-state index >= 15 is 0 Å². The Bertz CT molecular complexity index is 363. The zero-order chi connectivity index (χ0) is 10.7. The Balaban J connectivity index is 3.32. The summed E-state index contributed by atoms with van der Waals surface area (Å²) in [7, 11) is 1.43. The predicted molar refractivity (Wildman–Crippen MR) is 58.1 cm³/mol. The molecule has 0 spiro atoms. The van der Waals surface area contributed by atoms with E-state index < -0.39 is 0 Å². The summed E-state index contributed by atoms with van der Waals surface area (Å²) >= 11 is 17.0. The number of Topliss-reactive ketones (excluding diaryl/α,β-unsaturated/α-hetero) is 1. The first-order chi connectivity index (χ1) is 6.60. The van der Waals surface area contributed by atoms with E-state index in [0.29, 0.717) is 21.4 Å². The molecular formula is C9H7Cl3O2. The van der Waals surface area contributed by atoms with Crippen LogP contribution >= 0.6 is 34.8 Å². The Morgan fingerprint density at radius 2 is 2.07 bits per heavy atom. The van der Waals surface area contributed by atoms with E-state index in [2.05, 4.69) is 0 Å². The van der Waals surface area contributed by atoms with Crippen LogP contribution in [0.1, 0.15) is 10.4 Å². The van der Waals surface area contributed by atoms with E-state index in [1.165, 1.54) is 19.2 Å². The van der Waals surface area contributed by atoms with Crippen LogP contribution in [0.15, 0.2) is 12.1 Å². The van der Waals surface area contributed by atoms with Gasteiger partial charge in [0.15, 0.2) is 5.78 Å². The summed E-state index contributed by atoms with van der Waals surface area (Å²) < 4.78 is 4.98. The fraction of sp³-hybridized carbons (Fsp3) is 0.222. The lowest BCUT2D eigenvalue weighted by Gasteiger charge is -2.08. The molecule has 0 fully saturated rings. The van der Waals surface area contributed by atoms with Gasteiger partial charge in [-0.1, -0.05) is 23.2 Å². The average molecular weight is 254 g/mol. The highest BCUT2D eigenvalue weighted by Gasteiger charge is 2.15. The normalized spacial score (nSPS) is 10.0. The summed E-state index contributed by atoms with van der Waals surface area (Å²) in [6.45, 7) is 0. The minimum atomic E-state index is -0.270. The largest absolute Gasteiger partial charge is 0.494 e. The third-order valence-electron chi connectivity index (χ3n) is 1.63. The smallest absolute Gasteiger partial charge is 0.181 e. The van der Waals surface area contributed by atoms with Crippen molar-refractivity contribution in [3.8, 4) is 5.75 Å². The van der Waals surface area contributed by atoms with Crippen LogP contribution in [0, 0.1) is 0 Å². The van der Waals surface area contributed by atoms with Crippen molar-refractivity contribution < 1.29 is 9.53 Å². The Kier molecular flexibility index (Phi) is 4.05. The number of rotatable bonds is 3. The van der Waals surface area contributed by atoms with Crippen molar-refractivity contribution in [3.63, 3.8) is 0 Å². The number of benzene rings is 1. The highest BCUT2D eigenvalue weighted by Crippen LogP contribution is 2.32. The van der Waals surface area contributed by atoms with Gasteiger partial charge in [-0.2, -0.15) is 0 Å². The monoisotopic (exact) mass is 252 g/mol. The Hall–Kier alpha value is -0.440. The number of carbonyl (C=O) groups excluding carboxylic acids is 1. The highest BCUT2D eigenvalue weighted by molar-refractivity contribution is 6.37.